The van der Waals surface area contributed by atoms with E-state index in [-0.39, 0.29) is 0 Å². The number of hydrogen-bond acceptors (Lipinski definition) is 3. The summed E-state index contributed by atoms with van der Waals surface area (Å²) < 4.78 is 1.34. The summed E-state index contributed by atoms with van der Waals surface area (Å²) in [5.74, 6) is 0. The minimum Gasteiger partial charge on any atom is -0.389 e. The highest BCUT2D eigenvalue weighted by atomic mass is 32.1. The van der Waals surface area contributed by atoms with Gasteiger partial charge in [-0.05, 0) is 37.9 Å². The van der Waals surface area contributed by atoms with E-state index in [0.717, 1.165) is 13.1 Å². The van der Waals surface area contributed by atoms with Gasteiger partial charge in [-0.3, -0.25) is 4.90 Å². The van der Waals surface area contributed by atoms with Crippen LogP contribution in [0.25, 0.3) is 10.1 Å². The van der Waals surface area contributed by atoms with Crippen molar-refractivity contribution in [1.82, 2.24) is 4.90 Å². The zero-order valence-electron chi connectivity index (χ0n) is 11.3. The number of benzene rings is 1. The zero-order valence-corrected chi connectivity index (χ0v) is 12.1. The van der Waals surface area contributed by atoms with Gasteiger partial charge in [-0.15, -0.1) is 11.3 Å². The molecular formula is C15H21NOS. The summed E-state index contributed by atoms with van der Waals surface area (Å²) in [5.41, 5.74) is -0.632. The molecule has 0 aliphatic heterocycles. The lowest BCUT2D eigenvalue weighted by molar-refractivity contribution is 0.0356. The Morgan fingerprint density at radius 2 is 2.00 bits per heavy atom. The number of likely N-dealkylation sites (N-methyl/N-ethyl adjacent to an activating group) is 1. The minimum atomic E-state index is -0.632. The Labute approximate surface area is 113 Å². The van der Waals surface area contributed by atoms with Crippen LogP contribution in [0.5, 0.6) is 0 Å². The summed E-state index contributed by atoms with van der Waals surface area (Å²) in [5, 5.41) is 11.2. The first-order valence-corrected chi connectivity index (χ1v) is 7.22. The molecule has 0 bridgehead atoms. The van der Waals surface area contributed by atoms with Crippen molar-refractivity contribution in [3.63, 3.8) is 0 Å². The van der Waals surface area contributed by atoms with E-state index in [1.54, 1.807) is 0 Å². The molecule has 0 fully saturated rings. The highest BCUT2D eigenvalue weighted by molar-refractivity contribution is 7.19. The number of fused-ring (bicyclic) bond motifs is 1. The standard InChI is InChI=1S/C15H21NOS/c1-4-16(11-15(2,3)17)10-13-9-12-7-5-6-8-14(12)18-13/h5-9,17H,4,10-11H2,1-3H3. The average Bonchev–Trinajstić information content (AvgIpc) is 2.68. The molecule has 1 aromatic carbocycles. The Kier molecular flexibility index (Phi) is 4.05. The smallest absolute Gasteiger partial charge is 0.0718 e. The van der Waals surface area contributed by atoms with Crippen LogP contribution in [0, 0.1) is 0 Å². The van der Waals surface area contributed by atoms with Gasteiger partial charge in [0.05, 0.1) is 5.60 Å². The van der Waals surface area contributed by atoms with Crippen LogP contribution in [0.4, 0.5) is 0 Å². The van der Waals surface area contributed by atoms with Gasteiger partial charge in [0.25, 0.3) is 0 Å². The van der Waals surface area contributed by atoms with Crippen molar-refractivity contribution in [2.75, 3.05) is 13.1 Å². The maximum Gasteiger partial charge on any atom is 0.0718 e. The Balaban J connectivity index is 2.11. The maximum absolute atomic E-state index is 9.90. The van der Waals surface area contributed by atoms with Crippen LogP contribution in [0.2, 0.25) is 0 Å². The van der Waals surface area contributed by atoms with Gasteiger partial charge in [-0.1, -0.05) is 25.1 Å². The molecule has 2 aromatic rings. The van der Waals surface area contributed by atoms with Gasteiger partial charge in [-0.2, -0.15) is 0 Å². The molecule has 1 N–H and O–H groups in total. The molecule has 0 unspecified atom stereocenters. The van der Waals surface area contributed by atoms with Gasteiger partial charge >= 0.3 is 0 Å². The van der Waals surface area contributed by atoms with Crippen molar-refractivity contribution in [2.45, 2.75) is 32.9 Å². The van der Waals surface area contributed by atoms with E-state index in [1.807, 2.05) is 25.2 Å². The molecule has 0 aliphatic rings. The van der Waals surface area contributed by atoms with Crippen molar-refractivity contribution >= 4 is 21.4 Å². The normalized spacial score (nSPS) is 12.5. The second kappa shape index (κ2) is 5.39. The topological polar surface area (TPSA) is 23.5 Å². The third kappa shape index (κ3) is 3.55. The number of rotatable bonds is 5. The lowest BCUT2D eigenvalue weighted by Crippen LogP contribution is -2.37. The van der Waals surface area contributed by atoms with Crippen molar-refractivity contribution < 1.29 is 5.11 Å². The van der Waals surface area contributed by atoms with Gasteiger partial charge in [0, 0.05) is 22.7 Å². The van der Waals surface area contributed by atoms with Crippen LogP contribution in [0.1, 0.15) is 25.6 Å². The summed E-state index contributed by atoms with van der Waals surface area (Å²) in [7, 11) is 0. The molecule has 0 spiro atoms. The van der Waals surface area contributed by atoms with E-state index in [1.165, 1.54) is 15.0 Å². The molecular weight excluding hydrogens is 242 g/mol. The quantitative estimate of drug-likeness (QED) is 0.892. The largest absolute Gasteiger partial charge is 0.389 e. The van der Waals surface area contributed by atoms with Crippen LogP contribution < -0.4 is 0 Å². The first kappa shape index (κ1) is 13.5. The molecule has 2 nitrogen and oxygen atoms in total. The molecule has 3 heteroatoms. The Morgan fingerprint density at radius 1 is 1.28 bits per heavy atom. The number of thiophene rings is 1. The van der Waals surface area contributed by atoms with Crippen molar-refractivity contribution in [3.8, 4) is 0 Å². The second-order valence-electron chi connectivity index (χ2n) is 5.37. The fourth-order valence-corrected chi connectivity index (χ4v) is 3.27. The Morgan fingerprint density at radius 3 is 2.61 bits per heavy atom. The molecule has 2 rings (SSSR count). The predicted octanol–water partition coefficient (Wildman–Crippen LogP) is 3.49. The molecule has 0 saturated carbocycles. The van der Waals surface area contributed by atoms with E-state index in [2.05, 4.69) is 42.2 Å². The summed E-state index contributed by atoms with van der Waals surface area (Å²) in [6.45, 7) is 8.44. The van der Waals surface area contributed by atoms with Gasteiger partial charge < -0.3 is 5.11 Å². The van der Waals surface area contributed by atoms with Crippen molar-refractivity contribution in [2.24, 2.45) is 0 Å². The maximum atomic E-state index is 9.90. The Bertz CT molecular complexity index is 479. The molecule has 18 heavy (non-hydrogen) atoms. The lowest BCUT2D eigenvalue weighted by atomic mass is 10.1. The van der Waals surface area contributed by atoms with Crippen LogP contribution in [0.3, 0.4) is 0 Å². The fraction of sp³-hybridized carbons (Fsp3) is 0.467. The third-order valence-electron chi connectivity index (χ3n) is 2.91. The van der Waals surface area contributed by atoms with Crippen molar-refractivity contribution in [1.29, 1.82) is 0 Å². The number of hydrogen-bond donors (Lipinski definition) is 1. The molecule has 0 saturated heterocycles. The molecule has 98 valence electrons. The van der Waals surface area contributed by atoms with E-state index >= 15 is 0 Å². The second-order valence-corrected chi connectivity index (χ2v) is 6.53. The van der Waals surface area contributed by atoms with Gasteiger partial charge in [0.15, 0.2) is 0 Å². The SMILES string of the molecule is CCN(Cc1cc2ccccc2s1)CC(C)(C)O. The molecule has 1 heterocycles. The number of aliphatic hydroxyl groups is 1. The molecule has 0 atom stereocenters. The Hall–Kier alpha value is -0.900. The fourth-order valence-electron chi connectivity index (χ4n) is 2.16. The van der Waals surface area contributed by atoms with E-state index in [0.29, 0.717) is 6.54 Å². The van der Waals surface area contributed by atoms with Crippen LogP contribution in [0.15, 0.2) is 30.3 Å². The first-order valence-electron chi connectivity index (χ1n) is 6.40. The highest BCUT2D eigenvalue weighted by Gasteiger charge is 2.17. The van der Waals surface area contributed by atoms with E-state index in [4.69, 9.17) is 0 Å². The van der Waals surface area contributed by atoms with E-state index in [9.17, 15) is 5.11 Å². The monoisotopic (exact) mass is 263 g/mol. The van der Waals surface area contributed by atoms with Gasteiger partial charge in [0.2, 0.25) is 0 Å². The van der Waals surface area contributed by atoms with Gasteiger partial charge in [0.1, 0.15) is 0 Å². The predicted molar refractivity (Wildman–Crippen MR) is 79.1 cm³/mol. The van der Waals surface area contributed by atoms with Crippen LogP contribution in [-0.2, 0) is 6.54 Å². The lowest BCUT2D eigenvalue weighted by Gasteiger charge is -2.27. The number of nitrogens with zero attached hydrogens (tertiary/aromatic N) is 1. The summed E-state index contributed by atoms with van der Waals surface area (Å²) >= 11 is 1.84. The molecule has 0 aliphatic carbocycles. The van der Waals surface area contributed by atoms with E-state index < -0.39 is 5.60 Å². The van der Waals surface area contributed by atoms with Crippen LogP contribution >= 0.6 is 11.3 Å². The summed E-state index contributed by atoms with van der Waals surface area (Å²) in [6.07, 6.45) is 0. The molecule has 0 radical (unpaired) electrons. The van der Waals surface area contributed by atoms with Crippen LogP contribution in [-0.4, -0.2) is 28.7 Å². The first-order chi connectivity index (χ1) is 8.48. The molecule has 0 amide bonds. The average molecular weight is 263 g/mol. The zero-order chi connectivity index (χ0) is 13.2. The molecule has 1 aromatic heterocycles. The van der Waals surface area contributed by atoms with Crippen molar-refractivity contribution in [3.05, 3.63) is 35.2 Å². The summed E-state index contributed by atoms with van der Waals surface area (Å²) in [6, 6.07) is 10.7. The highest BCUT2D eigenvalue weighted by Crippen LogP contribution is 2.26. The third-order valence-corrected chi connectivity index (χ3v) is 4.01. The minimum absolute atomic E-state index is 0.632. The summed E-state index contributed by atoms with van der Waals surface area (Å²) in [4.78, 5) is 3.65. The van der Waals surface area contributed by atoms with Gasteiger partial charge in [-0.25, -0.2) is 0 Å².